The Kier molecular flexibility index (Phi) is 5.72. The standard InChI is InChI=1S/C17H19NO3S/c1-13-11-22-12-15(13)17(21)18(9-5-8-16(19)20)10-14-6-3-2-4-7-14/h2-4,6-7,11-12H,5,8-10H2,1H3,(H,19,20). The van der Waals surface area contributed by atoms with E-state index in [2.05, 4.69) is 0 Å². The number of amides is 1. The molecule has 0 radical (unpaired) electrons. The Morgan fingerprint density at radius 1 is 1.18 bits per heavy atom. The highest BCUT2D eigenvalue weighted by atomic mass is 32.1. The van der Waals surface area contributed by atoms with Gasteiger partial charge >= 0.3 is 5.97 Å². The van der Waals surface area contributed by atoms with E-state index in [4.69, 9.17) is 5.11 Å². The number of carboxylic acid groups (broad SMARTS) is 1. The number of thiophene rings is 1. The summed E-state index contributed by atoms with van der Waals surface area (Å²) in [4.78, 5) is 25.1. The van der Waals surface area contributed by atoms with Crippen molar-refractivity contribution in [2.24, 2.45) is 0 Å². The SMILES string of the molecule is Cc1cscc1C(=O)N(CCCC(=O)O)Cc1ccccc1. The zero-order valence-electron chi connectivity index (χ0n) is 12.5. The Hall–Kier alpha value is -2.14. The third-order valence-corrected chi connectivity index (χ3v) is 4.27. The summed E-state index contributed by atoms with van der Waals surface area (Å²) >= 11 is 1.51. The second kappa shape index (κ2) is 7.75. The van der Waals surface area contributed by atoms with Gasteiger partial charge in [0.05, 0.1) is 5.56 Å². The van der Waals surface area contributed by atoms with Crippen molar-refractivity contribution < 1.29 is 14.7 Å². The van der Waals surface area contributed by atoms with Gasteiger partial charge < -0.3 is 10.0 Å². The maximum atomic E-state index is 12.7. The molecule has 0 spiro atoms. The largest absolute Gasteiger partial charge is 0.481 e. The molecule has 0 unspecified atom stereocenters. The van der Waals surface area contributed by atoms with E-state index in [9.17, 15) is 9.59 Å². The molecule has 1 amide bonds. The van der Waals surface area contributed by atoms with Gasteiger partial charge in [-0.2, -0.15) is 11.3 Å². The highest BCUT2D eigenvalue weighted by Crippen LogP contribution is 2.18. The lowest BCUT2D eigenvalue weighted by Gasteiger charge is -2.22. The van der Waals surface area contributed by atoms with E-state index in [0.29, 0.717) is 25.1 Å². The maximum Gasteiger partial charge on any atom is 0.303 e. The number of carbonyl (C=O) groups excluding carboxylic acids is 1. The molecule has 0 aliphatic rings. The number of hydrogen-bond acceptors (Lipinski definition) is 3. The number of carboxylic acids is 1. The number of rotatable bonds is 7. The van der Waals surface area contributed by atoms with Gasteiger partial charge in [-0.3, -0.25) is 9.59 Å². The van der Waals surface area contributed by atoms with E-state index in [1.54, 1.807) is 4.90 Å². The maximum absolute atomic E-state index is 12.7. The smallest absolute Gasteiger partial charge is 0.303 e. The van der Waals surface area contributed by atoms with Gasteiger partial charge in [-0.05, 0) is 29.9 Å². The van der Waals surface area contributed by atoms with Crippen LogP contribution in [0.15, 0.2) is 41.1 Å². The predicted molar refractivity (Wildman–Crippen MR) is 87.1 cm³/mol. The van der Waals surface area contributed by atoms with E-state index in [0.717, 1.165) is 11.1 Å². The summed E-state index contributed by atoms with van der Waals surface area (Å²) in [7, 11) is 0. The molecular weight excluding hydrogens is 298 g/mol. The lowest BCUT2D eigenvalue weighted by molar-refractivity contribution is -0.137. The number of carbonyl (C=O) groups is 2. The Labute approximate surface area is 134 Å². The van der Waals surface area contributed by atoms with Gasteiger partial charge in [-0.1, -0.05) is 30.3 Å². The Bertz CT molecular complexity index is 636. The Morgan fingerprint density at radius 2 is 1.91 bits per heavy atom. The van der Waals surface area contributed by atoms with Gasteiger partial charge in [0.1, 0.15) is 0 Å². The van der Waals surface area contributed by atoms with E-state index >= 15 is 0 Å². The summed E-state index contributed by atoms with van der Waals surface area (Å²) in [6.45, 7) is 2.85. The molecule has 0 bridgehead atoms. The second-order valence-electron chi connectivity index (χ2n) is 5.18. The van der Waals surface area contributed by atoms with Gasteiger partial charge in [-0.25, -0.2) is 0 Å². The van der Waals surface area contributed by atoms with Crippen molar-refractivity contribution in [3.63, 3.8) is 0 Å². The molecule has 0 atom stereocenters. The molecule has 0 saturated heterocycles. The van der Waals surface area contributed by atoms with Crippen molar-refractivity contribution in [2.45, 2.75) is 26.3 Å². The quantitative estimate of drug-likeness (QED) is 0.849. The average molecular weight is 317 g/mol. The number of nitrogens with zero attached hydrogens (tertiary/aromatic N) is 1. The minimum atomic E-state index is -0.834. The van der Waals surface area contributed by atoms with Crippen LogP contribution in [0.4, 0.5) is 0 Å². The fraction of sp³-hybridized carbons (Fsp3) is 0.294. The van der Waals surface area contributed by atoms with Crippen molar-refractivity contribution in [3.05, 3.63) is 57.8 Å². The number of hydrogen-bond donors (Lipinski definition) is 1. The van der Waals surface area contributed by atoms with Crippen LogP contribution in [0, 0.1) is 6.92 Å². The third kappa shape index (κ3) is 4.43. The van der Waals surface area contributed by atoms with E-state index in [1.807, 2.05) is 48.0 Å². The van der Waals surface area contributed by atoms with Crippen LogP contribution in [0.3, 0.4) is 0 Å². The van der Waals surface area contributed by atoms with Crippen LogP contribution in [-0.4, -0.2) is 28.4 Å². The molecule has 5 heteroatoms. The minimum absolute atomic E-state index is 0.0343. The van der Waals surface area contributed by atoms with Gasteiger partial charge in [-0.15, -0.1) is 0 Å². The highest BCUT2D eigenvalue weighted by Gasteiger charge is 2.18. The van der Waals surface area contributed by atoms with Crippen LogP contribution in [0.2, 0.25) is 0 Å². The van der Waals surface area contributed by atoms with Crippen LogP contribution in [0.25, 0.3) is 0 Å². The van der Waals surface area contributed by atoms with Crippen molar-refractivity contribution in [3.8, 4) is 0 Å². The topological polar surface area (TPSA) is 57.6 Å². The first-order valence-corrected chi connectivity index (χ1v) is 8.10. The molecule has 22 heavy (non-hydrogen) atoms. The molecule has 0 saturated carbocycles. The van der Waals surface area contributed by atoms with Crippen molar-refractivity contribution in [2.75, 3.05) is 6.54 Å². The third-order valence-electron chi connectivity index (χ3n) is 3.41. The molecule has 0 aliphatic carbocycles. The van der Waals surface area contributed by atoms with Gasteiger partial charge in [0, 0.05) is 24.9 Å². The first kappa shape index (κ1) is 16.2. The predicted octanol–water partition coefficient (Wildman–Crippen LogP) is 3.56. The zero-order chi connectivity index (χ0) is 15.9. The number of aliphatic carboxylic acids is 1. The van der Waals surface area contributed by atoms with Crippen molar-refractivity contribution >= 4 is 23.2 Å². The Morgan fingerprint density at radius 3 is 2.50 bits per heavy atom. The van der Waals surface area contributed by atoms with E-state index in [-0.39, 0.29) is 12.3 Å². The fourth-order valence-electron chi connectivity index (χ4n) is 2.23. The summed E-state index contributed by atoms with van der Waals surface area (Å²) in [5, 5.41) is 12.6. The lowest BCUT2D eigenvalue weighted by Crippen LogP contribution is -2.32. The van der Waals surface area contributed by atoms with E-state index < -0.39 is 5.97 Å². The van der Waals surface area contributed by atoms with Crippen LogP contribution in [0.1, 0.15) is 34.3 Å². The van der Waals surface area contributed by atoms with Gasteiger partial charge in [0.25, 0.3) is 5.91 Å². The monoisotopic (exact) mass is 317 g/mol. The summed E-state index contributed by atoms with van der Waals surface area (Å²) in [5.74, 6) is -0.869. The molecule has 2 aromatic rings. The molecule has 1 N–H and O–H groups in total. The van der Waals surface area contributed by atoms with Gasteiger partial charge in [0.2, 0.25) is 0 Å². The zero-order valence-corrected chi connectivity index (χ0v) is 13.3. The fourth-order valence-corrected chi connectivity index (χ4v) is 3.05. The molecule has 1 aromatic carbocycles. The molecule has 0 aliphatic heterocycles. The second-order valence-corrected chi connectivity index (χ2v) is 5.92. The molecule has 116 valence electrons. The van der Waals surface area contributed by atoms with Crippen LogP contribution < -0.4 is 0 Å². The summed E-state index contributed by atoms with van der Waals surface area (Å²) in [5.41, 5.74) is 2.71. The lowest BCUT2D eigenvalue weighted by atomic mass is 10.1. The molecule has 1 heterocycles. The number of aryl methyl sites for hydroxylation is 1. The minimum Gasteiger partial charge on any atom is -0.481 e. The first-order chi connectivity index (χ1) is 10.6. The summed E-state index contributed by atoms with van der Waals surface area (Å²) < 4.78 is 0. The normalized spacial score (nSPS) is 10.4. The van der Waals surface area contributed by atoms with Crippen molar-refractivity contribution in [1.29, 1.82) is 0 Å². The number of benzene rings is 1. The molecular formula is C17H19NO3S. The van der Waals surface area contributed by atoms with Crippen molar-refractivity contribution in [1.82, 2.24) is 4.90 Å². The van der Waals surface area contributed by atoms with Gasteiger partial charge in [0.15, 0.2) is 0 Å². The van der Waals surface area contributed by atoms with Crippen LogP contribution in [0.5, 0.6) is 0 Å². The average Bonchev–Trinajstić information content (AvgIpc) is 2.92. The first-order valence-electron chi connectivity index (χ1n) is 7.15. The van der Waals surface area contributed by atoms with Crippen LogP contribution in [-0.2, 0) is 11.3 Å². The van der Waals surface area contributed by atoms with E-state index in [1.165, 1.54) is 11.3 Å². The summed E-state index contributed by atoms with van der Waals surface area (Å²) in [6, 6.07) is 9.75. The molecule has 0 fully saturated rings. The van der Waals surface area contributed by atoms with Crippen LogP contribution >= 0.6 is 11.3 Å². The Balaban J connectivity index is 2.12. The summed E-state index contributed by atoms with van der Waals surface area (Å²) in [6.07, 6.45) is 0.526. The highest BCUT2D eigenvalue weighted by molar-refractivity contribution is 7.08. The molecule has 4 nitrogen and oxygen atoms in total. The molecule has 2 rings (SSSR count). The molecule has 1 aromatic heterocycles.